The molecule has 5 rings (SSSR count). The monoisotopic (exact) mass is 421 g/mol. The first-order valence-electron chi connectivity index (χ1n) is 11.0. The predicted molar refractivity (Wildman–Crippen MR) is 109 cm³/mol. The number of halogens is 1. The van der Waals surface area contributed by atoms with Gasteiger partial charge in [-0.15, -0.1) is 0 Å². The molecule has 0 radical (unpaired) electrons. The highest BCUT2D eigenvalue weighted by Gasteiger charge is 2.50. The van der Waals surface area contributed by atoms with Gasteiger partial charge >= 0.3 is 0 Å². The summed E-state index contributed by atoms with van der Waals surface area (Å²) >= 11 is 0. The molecule has 0 aromatic carbocycles. The summed E-state index contributed by atoms with van der Waals surface area (Å²) in [5.41, 5.74) is 7.49. The number of hydrogen-bond donors (Lipinski definition) is 2. The van der Waals surface area contributed by atoms with Gasteiger partial charge in [-0.25, -0.2) is 19.8 Å². The lowest BCUT2D eigenvalue weighted by Gasteiger charge is -2.37. The highest BCUT2D eigenvalue weighted by molar-refractivity contribution is 5.40. The standard InChI is InChI=1S/C21H32FN5O3/c1-21(3-4-21)30-18-7-14-16(8-15(18)22)25-26-20(14)17-9-19(24-12-23-17)27-5-6-29-13(10-27)11-28-2/h9,12-16,18,20,25-26H,3-8,10-11H2,1-2H3. The van der Waals surface area contributed by atoms with Crippen LogP contribution < -0.4 is 15.8 Å². The number of alkyl halides is 1. The van der Waals surface area contributed by atoms with Crippen LogP contribution in [0.4, 0.5) is 10.2 Å². The van der Waals surface area contributed by atoms with Crippen LogP contribution in [0.5, 0.6) is 0 Å². The van der Waals surface area contributed by atoms with Gasteiger partial charge < -0.3 is 19.1 Å². The molecule has 6 atom stereocenters. The van der Waals surface area contributed by atoms with Crippen LogP contribution in [0.2, 0.25) is 0 Å². The number of methoxy groups -OCH3 is 1. The van der Waals surface area contributed by atoms with Crippen molar-refractivity contribution in [2.24, 2.45) is 5.92 Å². The van der Waals surface area contributed by atoms with Crippen LogP contribution >= 0.6 is 0 Å². The zero-order valence-electron chi connectivity index (χ0n) is 17.7. The maximum atomic E-state index is 14.7. The summed E-state index contributed by atoms with van der Waals surface area (Å²) in [7, 11) is 1.69. The van der Waals surface area contributed by atoms with E-state index in [4.69, 9.17) is 14.2 Å². The van der Waals surface area contributed by atoms with Gasteiger partial charge in [0, 0.05) is 38.2 Å². The van der Waals surface area contributed by atoms with E-state index in [1.807, 2.05) is 0 Å². The lowest BCUT2D eigenvalue weighted by atomic mass is 9.78. The van der Waals surface area contributed by atoms with Crippen molar-refractivity contribution in [2.45, 2.75) is 68.7 Å². The maximum Gasteiger partial charge on any atom is 0.132 e. The summed E-state index contributed by atoms with van der Waals surface area (Å²) in [6.07, 6.45) is 3.63. The fourth-order valence-electron chi connectivity index (χ4n) is 4.98. The van der Waals surface area contributed by atoms with Crippen LogP contribution in [0.25, 0.3) is 0 Å². The number of aromatic nitrogens is 2. The molecule has 2 N–H and O–H groups in total. The number of hydrogen-bond acceptors (Lipinski definition) is 8. The highest BCUT2D eigenvalue weighted by atomic mass is 19.1. The van der Waals surface area contributed by atoms with E-state index < -0.39 is 6.17 Å². The van der Waals surface area contributed by atoms with Crippen LogP contribution in [-0.2, 0) is 14.2 Å². The van der Waals surface area contributed by atoms with Gasteiger partial charge in [0.15, 0.2) is 0 Å². The molecule has 8 nitrogen and oxygen atoms in total. The van der Waals surface area contributed by atoms with Gasteiger partial charge in [-0.1, -0.05) is 0 Å². The van der Waals surface area contributed by atoms with Crippen molar-refractivity contribution in [3.8, 4) is 0 Å². The summed E-state index contributed by atoms with van der Waals surface area (Å²) in [5, 5.41) is 0. The number of fused-ring (bicyclic) bond motifs is 1. The molecule has 166 valence electrons. The molecule has 2 saturated heterocycles. The Labute approximate surface area is 176 Å². The van der Waals surface area contributed by atoms with Crippen LogP contribution in [0.3, 0.4) is 0 Å². The second-order valence-corrected chi connectivity index (χ2v) is 9.33. The molecule has 4 fully saturated rings. The number of morpholine rings is 1. The Bertz CT molecular complexity index is 749. The summed E-state index contributed by atoms with van der Waals surface area (Å²) in [6, 6.07) is 2.15. The van der Waals surface area contributed by atoms with E-state index >= 15 is 0 Å². The minimum absolute atomic E-state index is 0.0122. The Hall–Kier alpha value is -1.39. The molecular weight excluding hydrogens is 389 g/mol. The third-order valence-corrected chi connectivity index (χ3v) is 6.95. The molecule has 0 amide bonds. The number of rotatable bonds is 6. The van der Waals surface area contributed by atoms with Crippen molar-refractivity contribution < 1.29 is 18.6 Å². The van der Waals surface area contributed by atoms with Crippen molar-refractivity contribution in [3.63, 3.8) is 0 Å². The lowest BCUT2D eigenvalue weighted by Crippen LogP contribution is -2.45. The molecule has 0 spiro atoms. The normalized spacial score (nSPS) is 37.8. The van der Waals surface area contributed by atoms with Gasteiger partial charge in [0.2, 0.25) is 0 Å². The van der Waals surface area contributed by atoms with Crippen molar-refractivity contribution >= 4 is 5.82 Å². The smallest absolute Gasteiger partial charge is 0.132 e. The minimum atomic E-state index is -0.927. The van der Waals surface area contributed by atoms with Crippen molar-refractivity contribution in [1.29, 1.82) is 0 Å². The molecule has 30 heavy (non-hydrogen) atoms. The first kappa shape index (κ1) is 20.5. The van der Waals surface area contributed by atoms with Crippen molar-refractivity contribution in [3.05, 3.63) is 18.1 Å². The van der Waals surface area contributed by atoms with E-state index in [2.05, 4.69) is 38.7 Å². The summed E-state index contributed by atoms with van der Waals surface area (Å²) in [4.78, 5) is 11.3. The van der Waals surface area contributed by atoms with E-state index in [-0.39, 0.29) is 35.8 Å². The molecule has 1 aromatic heterocycles. The number of ether oxygens (including phenoxy) is 3. The third-order valence-electron chi connectivity index (χ3n) is 6.95. The molecule has 4 aliphatic rings. The van der Waals surface area contributed by atoms with Gasteiger partial charge in [-0.2, -0.15) is 0 Å². The van der Waals surface area contributed by atoms with Crippen LogP contribution in [0.15, 0.2) is 12.4 Å². The average molecular weight is 422 g/mol. The second kappa shape index (κ2) is 8.27. The highest BCUT2D eigenvalue weighted by Crippen LogP contribution is 2.45. The quantitative estimate of drug-likeness (QED) is 0.716. The number of nitrogens with one attached hydrogen (secondary N) is 2. The summed E-state index contributed by atoms with van der Waals surface area (Å²) in [6.45, 7) is 4.83. The molecule has 0 bridgehead atoms. The molecule has 1 aromatic rings. The second-order valence-electron chi connectivity index (χ2n) is 9.33. The number of nitrogens with zero attached hydrogens (tertiary/aromatic N) is 3. The van der Waals surface area contributed by atoms with Gasteiger partial charge in [0.05, 0.1) is 42.8 Å². The van der Waals surface area contributed by atoms with E-state index in [0.717, 1.165) is 37.4 Å². The fraction of sp³-hybridized carbons (Fsp3) is 0.810. The summed E-state index contributed by atoms with van der Waals surface area (Å²) < 4.78 is 31.9. The van der Waals surface area contributed by atoms with Crippen LogP contribution in [-0.4, -0.2) is 73.4 Å². The molecular formula is C21H32FN5O3. The van der Waals surface area contributed by atoms with E-state index in [0.29, 0.717) is 26.1 Å². The zero-order chi connectivity index (χ0) is 20.7. The molecule has 3 heterocycles. The Morgan fingerprint density at radius 3 is 2.97 bits per heavy atom. The predicted octanol–water partition coefficient (Wildman–Crippen LogP) is 1.53. The zero-order valence-corrected chi connectivity index (χ0v) is 17.7. The Kier molecular flexibility index (Phi) is 5.66. The maximum absolute atomic E-state index is 14.7. The first-order chi connectivity index (χ1) is 14.5. The van der Waals surface area contributed by atoms with Crippen molar-refractivity contribution in [1.82, 2.24) is 20.8 Å². The van der Waals surface area contributed by atoms with Gasteiger partial charge in [0.25, 0.3) is 0 Å². The molecule has 2 aliphatic heterocycles. The first-order valence-corrected chi connectivity index (χ1v) is 11.0. The fourth-order valence-corrected chi connectivity index (χ4v) is 4.98. The lowest BCUT2D eigenvalue weighted by molar-refractivity contribution is -0.0886. The third kappa shape index (κ3) is 4.18. The topological polar surface area (TPSA) is 80.8 Å². The number of hydrazine groups is 1. The Morgan fingerprint density at radius 2 is 2.17 bits per heavy atom. The van der Waals surface area contributed by atoms with E-state index in [1.165, 1.54) is 0 Å². The average Bonchev–Trinajstić information content (AvgIpc) is 3.34. The largest absolute Gasteiger partial charge is 0.382 e. The van der Waals surface area contributed by atoms with E-state index in [9.17, 15) is 4.39 Å². The van der Waals surface area contributed by atoms with Crippen LogP contribution in [0, 0.1) is 5.92 Å². The minimum Gasteiger partial charge on any atom is -0.382 e. The van der Waals surface area contributed by atoms with Gasteiger partial charge in [-0.05, 0) is 32.6 Å². The molecule has 2 saturated carbocycles. The molecule has 2 aliphatic carbocycles. The summed E-state index contributed by atoms with van der Waals surface area (Å²) in [5.74, 6) is 1.13. The van der Waals surface area contributed by atoms with Crippen molar-refractivity contribution in [2.75, 3.05) is 38.3 Å². The Balaban J connectivity index is 1.30. The SMILES string of the molecule is COCC1CN(c2cc(C3NNC4CC(F)C(OC5(C)CC5)CC43)ncn2)CCO1. The van der Waals surface area contributed by atoms with Gasteiger partial charge in [-0.3, -0.25) is 5.43 Å². The van der Waals surface area contributed by atoms with E-state index in [1.54, 1.807) is 13.4 Å². The van der Waals surface area contributed by atoms with Crippen LogP contribution in [0.1, 0.15) is 44.3 Å². The molecule has 9 heteroatoms. The number of anilines is 1. The van der Waals surface area contributed by atoms with Gasteiger partial charge in [0.1, 0.15) is 18.3 Å². The Morgan fingerprint density at radius 1 is 1.30 bits per heavy atom. The molecule has 6 unspecified atom stereocenters.